The molecule has 618 valence electrons. The van der Waals surface area contributed by atoms with Crippen LogP contribution < -0.4 is 48.5 Å². The summed E-state index contributed by atoms with van der Waals surface area (Å²) in [5.41, 5.74) is 11.9. The molecule has 0 bridgehead atoms. The maximum absolute atomic E-state index is 9.63. The van der Waals surface area contributed by atoms with Crippen molar-refractivity contribution in [3.63, 3.8) is 0 Å². The third kappa shape index (κ3) is 20.8. The smallest absolute Gasteiger partial charge is 0.258 e. The van der Waals surface area contributed by atoms with Crippen LogP contribution in [0.3, 0.4) is 0 Å². The largest absolute Gasteiger partial charge is 0.490 e. The summed E-state index contributed by atoms with van der Waals surface area (Å²) in [6, 6.07) is 49.3. The fourth-order valence-corrected chi connectivity index (χ4v) is 13.8. The number of fused-ring (bicyclic) bond motifs is 3. The van der Waals surface area contributed by atoms with Gasteiger partial charge in [0.25, 0.3) is 23.6 Å². The van der Waals surface area contributed by atoms with E-state index in [9.17, 15) is 10.2 Å². The second-order valence-corrected chi connectivity index (χ2v) is 29.2. The van der Waals surface area contributed by atoms with Gasteiger partial charge < -0.3 is 81.7 Å². The lowest BCUT2D eigenvalue weighted by Gasteiger charge is -2.28. The van der Waals surface area contributed by atoms with E-state index < -0.39 is 0 Å². The molecule has 2 aliphatic carbocycles. The van der Waals surface area contributed by atoms with Crippen LogP contribution in [0.2, 0.25) is 0 Å². The predicted molar refractivity (Wildman–Crippen MR) is 451 cm³/mol. The monoisotopic (exact) mass is 1600 g/mol. The number of rotatable bonds is 32. The minimum absolute atomic E-state index is 0.0344. The van der Waals surface area contributed by atoms with Gasteiger partial charge in [-0.15, -0.1) is 0 Å². The number of pyridine rings is 2. The zero-order valence-electron chi connectivity index (χ0n) is 69.6. The number of nitrogens with one attached hydrogen (secondary N) is 2. The maximum Gasteiger partial charge on any atom is 0.258 e. The van der Waals surface area contributed by atoms with Crippen molar-refractivity contribution < 1.29 is 66.2 Å². The molecule has 7 aromatic carbocycles. The van der Waals surface area contributed by atoms with Crippen molar-refractivity contribution in [2.75, 3.05) is 80.2 Å². The van der Waals surface area contributed by atoms with E-state index in [-0.39, 0.29) is 30.3 Å². The quantitative estimate of drug-likeness (QED) is 0.0304. The summed E-state index contributed by atoms with van der Waals surface area (Å²) in [7, 11) is 4.25. The Balaban J connectivity index is 0.000000145. The third-order valence-electron chi connectivity index (χ3n) is 19.5. The molecule has 6 aromatic heterocycles. The first kappa shape index (κ1) is 85.2. The van der Waals surface area contributed by atoms with E-state index in [0.717, 1.165) is 81.1 Å². The average molecular weight is 1600 g/mol. The van der Waals surface area contributed by atoms with Crippen LogP contribution in [-0.2, 0) is 19.4 Å². The molecule has 0 amide bonds. The number of hydrogen-bond donors (Lipinski definition) is 4. The Morgan fingerprint density at radius 1 is 0.407 bits per heavy atom. The van der Waals surface area contributed by atoms with Crippen LogP contribution in [0.5, 0.6) is 46.0 Å². The number of hydrogen-bond acceptors (Lipinski definition) is 27. The van der Waals surface area contributed by atoms with Gasteiger partial charge in [0.15, 0.2) is 46.0 Å². The summed E-state index contributed by atoms with van der Waals surface area (Å²) < 4.78 is 67.5. The molecule has 4 N–H and O–H groups in total. The Labute approximate surface area is 687 Å². The van der Waals surface area contributed by atoms with Gasteiger partial charge >= 0.3 is 0 Å². The molecule has 15 rings (SSSR count). The Hall–Kier alpha value is -12.1. The molecule has 0 saturated heterocycles. The Morgan fingerprint density at radius 3 is 1.28 bits per heavy atom. The van der Waals surface area contributed by atoms with E-state index in [1.807, 2.05) is 210 Å². The Morgan fingerprint density at radius 2 is 0.814 bits per heavy atom. The highest BCUT2D eigenvalue weighted by Crippen LogP contribution is 2.43. The van der Waals surface area contributed by atoms with Crippen molar-refractivity contribution in [2.45, 2.75) is 138 Å². The summed E-state index contributed by atoms with van der Waals surface area (Å²) in [5.74, 6) is 9.27. The molecule has 0 aliphatic heterocycles. The van der Waals surface area contributed by atoms with Crippen molar-refractivity contribution in [2.24, 2.45) is 0 Å². The topological polar surface area (TPSA) is 323 Å². The van der Waals surface area contributed by atoms with Crippen LogP contribution in [0.1, 0.15) is 136 Å². The number of aliphatic hydroxyl groups excluding tert-OH is 2. The summed E-state index contributed by atoms with van der Waals surface area (Å²) in [5, 5.41) is 44.7. The van der Waals surface area contributed by atoms with E-state index in [1.165, 1.54) is 22.3 Å². The highest BCUT2D eigenvalue weighted by Gasteiger charge is 2.32. The van der Waals surface area contributed by atoms with Gasteiger partial charge in [-0.05, 0) is 241 Å². The normalized spacial score (nSPS) is 13.5. The average Bonchev–Trinajstić information content (AvgIpc) is 1.69. The molecule has 6 heterocycles. The number of benzene rings is 7. The van der Waals surface area contributed by atoms with Gasteiger partial charge in [-0.25, -0.2) is 0 Å². The highest BCUT2D eigenvalue weighted by molar-refractivity contribution is 5.93. The first-order valence-electron chi connectivity index (χ1n) is 40.2. The third-order valence-corrected chi connectivity index (χ3v) is 19.5. The molecule has 2 atom stereocenters. The molecule has 118 heavy (non-hydrogen) atoms. The number of ether oxygens (including phenoxy) is 8. The molecule has 27 heteroatoms. The van der Waals surface area contributed by atoms with Crippen molar-refractivity contribution >= 4 is 10.8 Å². The SMILES string of the molecule is CCOc1ccc(-c2nc(-c3cccc4c3CCC4N(C)C)no2)cc1OCC.CCOc1ccc(-c2nc(-c3cccc4c3CCC4NC(C)(C)CO)no2)cc1OCC.CCOc1ccc(-c2nc(-c3ccnc(CNC(C)(C)CO)c3)no2)cc1OCC.CCOc1ccc(-c2nc(-c3nccc4ccccc34)no2)cc1OCC. The molecular weight excluding hydrogens is 1500 g/mol. The van der Waals surface area contributed by atoms with E-state index in [4.69, 9.17) is 56.0 Å². The zero-order valence-corrected chi connectivity index (χ0v) is 69.6. The summed E-state index contributed by atoms with van der Waals surface area (Å²) in [4.78, 5) is 29.5. The van der Waals surface area contributed by atoms with Crippen LogP contribution in [0.15, 0.2) is 182 Å². The van der Waals surface area contributed by atoms with Crippen LogP contribution in [-0.4, -0.2) is 157 Å². The van der Waals surface area contributed by atoms with Crippen molar-refractivity contribution in [1.82, 2.24) is 66.1 Å². The van der Waals surface area contributed by atoms with E-state index in [0.29, 0.717) is 164 Å². The molecular formula is C91H105N13O14. The zero-order chi connectivity index (χ0) is 83.3. The second kappa shape index (κ2) is 40.1. The van der Waals surface area contributed by atoms with E-state index in [2.05, 4.69) is 104 Å². The fourth-order valence-electron chi connectivity index (χ4n) is 13.8. The summed E-state index contributed by atoms with van der Waals surface area (Å²) >= 11 is 0. The minimum atomic E-state index is -0.386. The molecule has 0 radical (unpaired) electrons. The lowest BCUT2D eigenvalue weighted by atomic mass is 9.99. The van der Waals surface area contributed by atoms with Gasteiger partial charge in [0.2, 0.25) is 23.3 Å². The number of nitrogens with zero attached hydrogens (tertiary/aromatic N) is 11. The Bertz CT molecular complexity index is 5440. The summed E-state index contributed by atoms with van der Waals surface area (Å²) in [6.45, 7) is 28.4. The van der Waals surface area contributed by atoms with Crippen molar-refractivity contribution in [3.8, 4) is 137 Å². The first-order chi connectivity index (χ1) is 57.3. The maximum atomic E-state index is 9.63. The fraction of sp³-hybridized carbons (Fsp3) is 0.363. The summed E-state index contributed by atoms with van der Waals surface area (Å²) in [6.07, 6.45) is 7.48. The van der Waals surface area contributed by atoms with Gasteiger partial charge in [-0.1, -0.05) is 81.3 Å². The van der Waals surface area contributed by atoms with E-state index >= 15 is 0 Å². The van der Waals surface area contributed by atoms with E-state index in [1.54, 1.807) is 12.4 Å². The number of aliphatic hydroxyl groups is 2. The minimum Gasteiger partial charge on any atom is -0.490 e. The molecule has 0 fully saturated rings. The molecule has 2 aliphatic rings. The molecule has 2 unspecified atom stereocenters. The standard InChI is InChI=1S/C25H31N3O4.C23H27N3O3.C22H28N4O4.C21H19N3O3/c1-5-30-21-13-10-16(14-22(21)31-6-2)24-26-23(28-32-24)19-9-7-8-18-17(19)11-12-20(18)27-25(3,4)15-29;1-5-27-20-13-10-15(14-21(20)28-6-2)23-24-22(25-29-23)18-9-7-8-17-16(18)11-12-19(17)26(3)4;1-5-28-18-8-7-16(12-19(18)29-6-2)21-25-20(26-30-21)15-9-10-23-17(11-15)13-24-22(3,4)14-27;1-3-25-17-10-9-15(13-18(17)26-4-2)21-23-20(24-27-21)19-16-8-6-5-7-14(16)11-12-22-19/h7-10,13-14,20,27,29H,5-6,11-12,15H2,1-4H3;7-10,13-14,19H,5-6,11-12H2,1-4H3;7-12,24,27H,5-6,13-14H2,1-4H3;5-13H,3-4H2,1-2H3. The van der Waals surface area contributed by atoms with Crippen LogP contribution in [0.25, 0.3) is 102 Å². The lowest BCUT2D eigenvalue weighted by Crippen LogP contribution is -2.44. The number of aromatic nitrogens is 10. The van der Waals surface area contributed by atoms with Gasteiger partial charge in [0, 0.05) is 86.4 Å². The van der Waals surface area contributed by atoms with Gasteiger partial charge in [0.05, 0.1) is 71.8 Å². The second-order valence-electron chi connectivity index (χ2n) is 29.2. The lowest BCUT2D eigenvalue weighted by molar-refractivity contribution is 0.175. The molecule has 13 aromatic rings. The van der Waals surface area contributed by atoms with Gasteiger partial charge in [-0.2, -0.15) is 19.9 Å². The van der Waals surface area contributed by atoms with Crippen molar-refractivity contribution in [3.05, 3.63) is 192 Å². The molecule has 27 nitrogen and oxygen atoms in total. The molecule has 0 spiro atoms. The Kier molecular flexibility index (Phi) is 29.0. The highest BCUT2D eigenvalue weighted by atomic mass is 16.5. The first-order valence-corrected chi connectivity index (χ1v) is 40.2. The van der Waals surface area contributed by atoms with Crippen LogP contribution in [0, 0.1) is 0 Å². The van der Waals surface area contributed by atoms with Crippen molar-refractivity contribution in [1.29, 1.82) is 0 Å². The van der Waals surface area contributed by atoms with Gasteiger partial charge in [0.1, 0.15) is 5.69 Å². The predicted octanol–water partition coefficient (Wildman–Crippen LogP) is 17.5. The van der Waals surface area contributed by atoms with Gasteiger partial charge in [-0.3, -0.25) is 9.97 Å². The van der Waals surface area contributed by atoms with Crippen LogP contribution >= 0.6 is 0 Å². The van der Waals surface area contributed by atoms with Crippen LogP contribution in [0.4, 0.5) is 0 Å². The molecule has 0 saturated carbocycles.